The number of hydrogen-bond donors (Lipinski definition) is 1. The number of aliphatic carboxylic acids is 1. The van der Waals surface area contributed by atoms with E-state index in [2.05, 4.69) is 55.1 Å². The molecule has 1 aromatic heterocycles. The Morgan fingerprint density at radius 3 is 2.00 bits per heavy atom. The van der Waals surface area contributed by atoms with Gasteiger partial charge in [0.1, 0.15) is 0 Å². The minimum atomic E-state index is -1.11. The molecule has 0 amide bonds. The molecule has 4 rings (SSSR count). The van der Waals surface area contributed by atoms with Gasteiger partial charge in [0.15, 0.2) is 6.10 Å². The Morgan fingerprint density at radius 2 is 1.46 bits per heavy atom. The maximum absolute atomic E-state index is 12.6. The van der Waals surface area contributed by atoms with E-state index < -0.39 is 17.7 Å². The highest BCUT2D eigenvalue weighted by Crippen LogP contribution is 2.45. The third-order valence-corrected chi connectivity index (χ3v) is 7.25. The molecular formula is C32H40N2O3. The number of aromatic nitrogens is 1. The molecule has 0 spiro atoms. The van der Waals surface area contributed by atoms with Crippen molar-refractivity contribution < 1.29 is 14.6 Å². The molecule has 0 saturated carbocycles. The summed E-state index contributed by atoms with van der Waals surface area (Å²) in [7, 11) is 0. The molecule has 37 heavy (non-hydrogen) atoms. The van der Waals surface area contributed by atoms with Gasteiger partial charge in [-0.15, -0.1) is 0 Å². The van der Waals surface area contributed by atoms with Gasteiger partial charge in [-0.1, -0.05) is 68.4 Å². The topological polar surface area (TPSA) is 62.7 Å². The van der Waals surface area contributed by atoms with Crippen LogP contribution in [-0.2, 0) is 9.53 Å². The molecule has 1 unspecified atom stereocenters. The van der Waals surface area contributed by atoms with E-state index in [9.17, 15) is 9.90 Å². The van der Waals surface area contributed by atoms with Crippen molar-refractivity contribution in [2.45, 2.75) is 73.0 Å². The molecule has 5 nitrogen and oxygen atoms in total. The van der Waals surface area contributed by atoms with Gasteiger partial charge in [0, 0.05) is 35.6 Å². The van der Waals surface area contributed by atoms with Crippen molar-refractivity contribution >= 4 is 11.7 Å². The van der Waals surface area contributed by atoms with Crippen LogP contribution in [0.15, 0.2) is 54.6 Å². The Hall–Kier alpha value is -3.18. The SMILES string of the molecule is Cc1nc(C)c(C(OC(C)(C)C)C(=O)O)c(N2CCC(C)(C)CC2)c1-c1ccc(-c2ccccc2)cc1. The second kappa shape index (κ2) is 10.3. The van der Waals surface area contributed by atoms with E-state index in [0.29, 0.717) is 11.3 Å². The normalized spacial score (nSPS) is 16.5. The van der Waals surface area contributed by atoms with E-state index in [1.54, 1.807) is 0 Å². The molecule has 1 fully saturated rings. The highest BCUT2D eigenvalue weighted by Gasteiger charge is 2.36. The molecule has 1 saturated heterocycles. The number of benzene rings is 2. The number of carboxylic acid groups (broad SMARTS) is 1. The van der Waals surface area contributed by atoms with Gasteiger partial charge in [0.2, 0.25) is 0 Å². The summed E-state index contributed by atoms with van der Waals surface area (Å²) in [5, 5.41) is 10.3. The zero-order chi connectivity index (χ0) is 27.0. The number of carbonyl (C=O) groups is 1. The van der Waals surface area contributed by atoms with Crippen LogP contribution in [0.1, 0.15) is 70.5 Å². The van der Waals surface area contributed by atoms with Crippen LogP contribution in [0.5, 0.6) is 0 Å². The smallest absolute Gasteiger partial charge is 0.337 e. The summed E-state index contributed by atoms with van der Waals surface area (Å²) in [5.41, 5.74) is 7.18. The van der Waals surface area contributed by atoms with Crippen molar-refractivity contribution in [3.63, 3.8) is 0 Å². The number of pyridine rings is 1. The van der Waals surface area contributed by atoms with Crippen molar-refractivity contribution in [1.82, 2.24) is 4.98 Å². The van der Waals surface area contributed by atoms with Crippen LogP contribution in [0, 0.1) is 19.3 Å². The molecule has 0 bridgehead atoms. The summed E-state index contributed by atoms with van der Waals surface area (Å²) in [5.74, 6) is -0.993. The van der Waals surface area contributed by atoms with Crippen LogP contribution in [0.3, 0.4) is 0 Å². The molecular weight excluding hydrogens is 460 g/mol. The van der Waals surface area contributed by atoms with Gasteiger partial charge in [-0.25, -0.2) is 4.79 Å². The monoisotopic (exact) mass is 500 g/mol. The molecule has 5 heteroatoms. The van der Waals surface area contributed by atoms with Gasteiger partial charge in [-0.05, 0) is 69.6 Å². The summed E-state index contributed by atoms with van der Waals surface area (Å²) in [6.45, 7) is 15.9. The van der Waals surface area contributed by atoms with Crippen molar-refractivity contribution in [2.24, 2.45) is 5.41 Å². The van der Waals surface area contributed by atoms with Crippen LogP contribution < -0.4 is 4.90 Å². The minimum absolute atomic E-state index is 0.263. The average Bonchev–Trinajstić information content (AvgIpc) is 2.83. The highest BCUT2D eigenvalue weighted by molar-refractivity contribution is 5.88. The number of carboxylic acids is 1. The molecule has 2 aromatic carbocycles. The summed E-state index contributed by atoms with van der Waals surface area (Å²) < 4.78 is 6.18. The molecule has 2 heterocycles. The first-order chi connectivity index (χ1) is 17.4. The molecule has 1 aliphatic rings. The number of nitrogens with zero attached hydrogens (tertiary/aromatic N) is 2. The first-order valence-corrected chi connectivity index (χ1v) is 13.2. The Bertz CT molecular complexity index is 1250. The van der Waals surface area contributed by atoms with Gasteiger partial charge in [0.05, 0.1) is 11.3 Å². The van der Waals surface area contributed by atoms with E-state index >= 15 is 0 Å². The van der Waals surface area contributed by atoms with Gasteiger partial charge in [0.25, 0.3) is 0 Å². The maximum atomic E-state index is 12.6. The molecule has 3 aromatic rings. The lowest BCUT2D eigenvalue weighted by Gasteiger charge is -2.41. The average molecular weight is 501 g/mol. The number of rotatable bonds is 6. The van der Waals surface area contributed by atoms with Crippen molar-refractivity contribution in [2.75, 3.05) is 18.0 Å². The van der Waals surface area contributed by atoms with Gasteiger partial charge < -0.3 is 14.7 Å². The number of hydrogen-bond acceptors (Lipinski definition) is 4. The molecule has 196 valence electrons. The number of aryl methyl sites for hydroxylation is 2. The van der Waals surface area contributed by atoms with Crippen LogP contribution in [0.4, 0.5) is 5.69 Å². The van der Waals surface area contributed by atoms with E-state index in [4.69, 9.17) is 9.72 Å². The first kappa shape index (κ1) is 26.9. The zero-order valence-corrected chi connectivity index (χ0v) is 23.3. The van der Waals surface area contributed by atoms with Gasteiger partial charge >= 0.3 is 5.97 Å². The fourth-order valence-corrected chi connectivity index (χ4v) is 5.21. The van der Waals surface area contributed by atoms with E-state index in [-0.39, 0.29) is 5.41 Å². The highest BCUT2D eigenvalue weighted by atomic mass is 16.5. The number of piperidine rings is 1. The molecule has 1 atom stereocenters. The number of anilines is 1. The predicted molar refractivity (Wildman–Crippen MR) is 151 cm³/mol. The van der Waals surface area contributed by atoms with Crippen molar-refractivity contribution in [3.05, 3.63) is 71.5 Å². The Balaban J connectivity index is 1.91. The third kappa shape index (κ3) is 6.04. The zero-order valence-electron chi connectivity index (χ0n) is 23.3. The standard InChI is InChI=1S/C32H40N2O3/c1-21-26(25-15-13-24(14-16-25)23-11-9-8-10-12-23)28(34-19-17-32(6,7)18-20-34)27(22(2)33-21)29(30(35)36)37-31(3,4)5/h8-16,29H,17-20H2,1-7H3,(H,35,36). The molecule has 1 aliphatic heterocycles. The Kier molecular flexibility index (Phi) is 7.48. The van der Waals surface area contributed by atoms with Crippen molar-refractivity contribution in [3.8, 4) is 22.3 Å². The Labute approximate surface area is 221 Å². The molecule has 1 N–H and O–H groups in total. The predicted octanol–water partition coefficient (Wildman–Crippen LogP) is 7.60. The Morgan fingerprint density at radius 1 is 0.919 bits per heavy atom. The van der Waals surface area contributed by atoms with Crippen molar-refractivity contribution in [1.29, 1.82) is 0 Å². The minimum Gasteiger partial charge on any atom is -0.479 e. The van der Waals surface area contributed by atoms with E-state index in [1.807, 2.05) is 52.8 Å². The van der Waals surface area contributed by atoms with Gasteiger partial charge in [-0.2, -0.15) is 0 Å². The lowest BCUT2D eigenvalue weighted by Crippen LogP contribution is -2.39. The second-order valence-corrected chi connectivity index (χ2v) is 12.0. The van der Waals surface area contributed by atoms with Gasteiger partial charge in [-0.3, -0.25) is 4.98 Å². The fourth-order valence-electron chi connectivity index (χ4n) is 5.21. The lowest BCUT2D eigenvalue weighted by molar-refractivity contribution is -0.160. The summed E-state index contributed by atoms with van der Waals surface area (Å²) in [6.07, 6.45) is 0.967. The summed E-state index contributed by atoms with van der Waals surface area (Å²) in [6, 6.07) is 18.8. The lowest BCUT2D eigenvalue weighted by atomic mass is 9.81. The maximum Gasteiger partial charge on any atom is 0.337 e. The fraction of sp³-hybridized carbons (Fsp3) is 0.438. The van der Waals surface area contributed by atoms with Crippen LogP contribution in [0.2, 0.25) is 0 Å². The first-order valence-electron chi connectivity index (χ1n) is 13.2. The number of ether oxygens (including phenoxy) is 1. The summed E-state index contributed by atoms with van der Waals surface area (Å²) in [4.78, 5) is 19.9. The molecule has 0 radical (unpaired) electrons. The van der Waals surface area contributed by atoms with Crippen LogP contribution in [0.25, 0.3) is 22.3 Å². The summed E-state index contributed by atoms with van der Waals surface area (Å²) >= 11 is 0. The second-order valence-electron chi connectivity index (χ2n) is 12.0. The van der Waals surface area contributed by atoms with E-state index in [0.717, 1.165) is 59.6 Å². The quantitative estimate of drug-likeness (QED) is 0.378. The van der Waals surface area contributed by atoms with Crippen LogP contribution >= 0.6 is 0 Å². The third-order valence-electron chi connectivity index (χ3n) is 7.25. The largest absolute Gasteiger partial charge is 0.479 e. The van der Waals surface area contributed by atoms with Crippen LogP contribution in [-0.4, -0.2) is 34.8 Å². The van der Waals surface area contributed by atoms with E-state index in [1.165, 1.54) is 0 Å². The molecule has 0 aliphatic carbocycles.